The number of aliphatic hydroxyl groups excluding tert-OH is 1. The first-order valence-electron chi connectivity index (χ1n) is 4.44. The zero-order valence-corrected chi connectivity index (χ0v) is 9.15. The van der Waals surface area contributed by atoms with Crippen molar-refractivity contribution < 1.29 is 9.90 Å². The molecule has 1 aromatic heterocycles. The van der Waals surface area contributed by atoms with Crippen molar-refractivity contribution >= 4 is 17.2 Å². The fourth-order valence-corrected chi connectivity index (χ4v) is 2.08. The Hall–Kier alpha value is -0.940. The molecule has 0 saturated carbocycles. The molecule has 0 unspecified atom stereocenters. The Morgan fingerprint density at radius 2 is 2.29 bits per heavy atom. The Kier molecular flexibility index (Phi) is 4.03. The second-order valence-electron chi connectivity index (χ2n) is 2.99. The molecule has 1 amide bonds. The molecule has 0 aliphatic carbocycles. The Balaban J connectivity index is 2.51. The molecule has 0 atom stereocenters. The van der Waals surface area contributed by atoms with E-state index < -0.39 is 0 Å². The van der Waals surface area contributed by atoms with Gasteiger partial charge in [-0.05, 0) is 13.8 Å². The average Bonchev–Trinajstić information content (AvgIpc) is 2.42. The fraction of sp³-hybridized carbons (Fsp3) is 0.556. The number of hydrogen-bond acceptors (Lipinski definition) is 4. The van der Waals surface area contributed by atoms with Gasteiger partial charge < -0.3 is 10.4 Å². The van der Waals surface area contributed by atoms with Gasteiger partial charge in [-0.1, -0.05) is 0 Å². The summed E-state index contributed by atoms with van der Waals surface area (Å²) in [5.41, 5.74) is 0.923. The number of carbonyl (C=O) groups is 1. The quantitative estimate of drug-likeness (QED) is 0.763. The number of nitrogens with zero attached hydrogens (tertiary/aromatic N) is 1. The van der Waals surface area contributed by atoms with E-state index in [9.17, 15) is 4.79 Å². The molecule has 1 heterocycles. The van der Waals surface area contributed by atoms with Crippen LogP contribution in [-0.4, -0.2) is 29.1 Å². The van der Waals surface area contributed by atoms with E-state index in [1.165, 1.54) is 0 Å². The van der Waals surface area contributed by atoms with Gasteiger partial charge in [0.25, 0.3) is 0 Å². The highest BCUT2D eigenvalue weighted by Gasteiger charge is 2.09. The van der Waals surface area contributed by atoms with Gasteiger partial charge in [0, 0.05) is 11.4 Å². The topological polar surface area (TPSA) is 62.2 Å². The van der Waals surface area contributed by atoms with Gasteiger partial charge in [-0.3, -0.25) is 4.79 Å². The predicted octanol–water partition coefficient (Wildman–Crippen LogP) is 0.411. The summed E-state index contributed by atoms with van der Waals surface area (Å²) in [6, 6.07) is 0. The van der Waals surface area contributed by atoms with Crippen molar-refractivity contribution in [1.29, 1.82) is 0 Å². The summed E-state index contributed by atoms with van der Waals surface area (Å²) in [5.74, 6) is -0.0641. The van der Waals surface area contributed by atoms with Crippen molar-refractivity contribution in [1.82, 2.24) is 10.3 Å². The van der Waals surface area contributed by atoms with Gasteiger partial charge in [0.15, 0.2) is 0 Å². The lowest BCUT2D eigenvalue weighted by Crippen LogP contribution is -2.27. The summed E-state index contributed by atoms with van der Waals surface area (Å²) in [5, 5.41) is 12.1. The Morgan fingerprint density at radius 1 is 1.57 bits per heavy atom. The van der Waals surface area contributed by atoms with E-state index in [1.54, 1.807) is 11.3 Å². The van der Waals surface area contributed by atoms with Gasteiger partial charge >= 0.3 is 0 Å². The molecule has 78 valence electrons. The SMILES string of the molecule is Cc1nc(C)c(CC(=O)NCCO)s1. The Bertz CT molecular complexity index is 323. The molecule has 4 nitrogen and oxygen atoms in total. The lowest BCUT2D eigenvalue weighted by atomic mass is 10.3. The van der Waals surface area contributed by atoms with Crippen molar-refractivity contribution in [2.45, 2.75) is 20.3 Å². The highest BCUT2D eigenvalue weighted by molar-refractivity contribution is 7.11. The summed E-state index contributed by atoms with van der Waals surface area (Å²) < 4.78 is 0. The largest absolute Gasteiger partial charge is 0.395 e. The number of aliphatic hydroxyl groups is 1. The first-order valence-corrected chi connectivity index (χ1v) is 5.25. The molecule has 14 heavy (non-hydrogen) atoms. The lowest BCUT2D eigenvalue weighted by Gasteiger charge is -2.01. The van der Waals surface area contributed by atoms with E-state index in [-0.39, 0.29) is 12.5 Å². The van der Waals surface area contributed by atoms with Gasteiger partial charge in [-0.15, -0.1) is 11.3 Å². The number of hydrogen-bond donors (Lipinski definition) is 2. The van der Waals surface area contributed by atoms with Gasteiger partial charge in [0.05, 0.1) is 23.7 Å². The van der Waals surface area contributed by atoms with Crippen LogP contribution in [0.5, 0.6) is 0 Å². The molecule has 0 aliphatic rings. The zero-order chi connectivity index (χ0) is 10.6. The normalized spacial score (nSPS) is 10.2. The highest BCUT2D eigenvalue weighted by atomic mass is 32.1. The van der Waals surface area contributed by atoms with E-state index in [2.05, 4.69) is 10.3 Å². The molecule has 0 aliphatic heterocycles. The maximum atomic E-state index is 11.3. The predicted molar refractivity (Wildman–Crippen MR) is 55.4 cm³/mol. The van der Waals surface area contributed by atoms with Crippen LogP contribution in [0.3, 0.4) is 0 Å². The zero-order valence-electron chi connectivity index (χ0n) is 8.33. The fourth-order valence-electron chi connectivity index (χ4n) is 1.14. The second-order valence-corrected chi connectivity index (χ2v) is 4.28. The number of carbonyl (C=O) groups excluding carboxylic acids is 1. The van der Waals surface area contributed by atoms with Crippen molar-refractivity contribution in [3.63, 3.8) is 0 Å². The number of rotatable bonds is 4. The van der Waals surface area contributed by atoms with Gasteiger partial charge in [0.2, 0.25) is 5.91 Å². The molecular weight excluding hydrogens is 200 g/mol. The van der Waals surface area contributed by atoms with E-state index in [0.29, 0.717) is 13.0 Å². The van der Waals surface area contributed by atoms with E-state index in [4.69, 9.17) is 5.11 Å². The maximum Gasteiger partial charge on any atom is 0.225 e. The second kappa shape index (κ2) is 5.07. The van der Waals surface area contributed by atoms with Crippen molar-refractivity contribution in [3.8, 4) is 0 Å². The lowest BCUT2D eigenvalue weighted by molar-refractivity contribution is -0.120. The smallest absolute Gasteiger partial charge is 0.225 e. The summed E-state index contributed by atoms with van der Waals surface area (Å²) in [6.45, 7) is 4.12. The van der Waals surface area contributed by atoms with Crippen LogP contribution in [0.25, 0.3) is 0 Å². The van der Waals surface area contributed by atoms with Crippen LogP contribution < -0.4 is 5.32 Å². The Morgan fingerprint density at radius 3 is 2.79 bits per heavy atom. The molecule has 0 bridgehead atoms. The van der Waals surface area contributed by atoms with Crippen LogP contribution in [0.1, 0.15) is 15.6 Å². The molecule has 0 saturated heterocycles. The van der Waals surface area contributed by atoms with Crippen LogP contribution in [0.15, 0.2) is 0 Å². The minimum absolute atomic E-state index is 0.0214. The number of aromatic nitrogens is 1. The third kappa shape index (κ3) is 3.08. The third-order valence-corrected chi connectivity index (χ3v) is 2.83. The number of amides is 1. The van der Waals surface area contributed by atoms with E-state index in [1.807, 2.05) is 13.8 Å². The van der Waals surface area contributed by atoms with Crippen LogP contribution in [-0.2, 0) is 11.2 Å². The minimum Gasteiger partial charge on any atom is -0.395 e. The average molecular weight is 214 g/mol. The van der Waals surface area contributed by atoms with E-state index >= 15 is 0 Å². The Labute approximate surface area is 87.0 Å². The standard InChI is InChI=1S/C9H14N2O2S/c1-6-8(14-7(2)11-6)5-9(13)10-3-4-12/h12H,3-5H2,1-2H3,(H,10,13). The number of nitrogens with one attached hydrogen (secondary N) is 1. The first-order chi connectivity index (χ1) is 6.63. The minimum atomic E-state index is -0.0641. The monoisotopic (exact) mass is 214 g/mol. The molecule has 0 aromatic carbocycles. The molecular formula is C9H14N2O2S. The molecule has 0 fully saturated rings. The summed E-state index contributed by atoms with van der Waals surface area (Å²) in [6.07, 6.45) is 0.358. The summed E-state index contributed by atoms with van der Waals surface area (Å²) in [7, 11) is 0. The highest BCUT2D eigenvalue weighted by Crippen LogP contribution is 2.17. The first kappa shape index (κ1) is 11.1. The molecule has 1 aromatic rings. The van der Waals surface area contributed by atoms with Gasteiger partial charge in [-0.2, -0.15) is 0 Å². The number of thiazole rings is 1. The van der Waals surface area contributed by atoms with Crippen LogP contribution in [0.2, 0.25) is 0 Å². The summed E-state index contributed by atoms with van der Waals surface area (Å²) in [4.78, 5) is 16.5. The molecule has 0 radical (unpaired) electrons. The van der Waals surface area contributed by atoms with Crippen molar-refractivity contribution in [2.75, 3.05) is 13.2 Å². The molecule has 1 rings (SSSR count). The van der Waals surface area contributed by atoms with Crippen molar-refractivity contribution in [2.24, 2.45) is 0 Å². The van der Waals surface area contributed by atoms with E-state index in [0.717, 1.165) is 15.6 Å². The van der Waals surface area contributed by atoms with Crippen LogP contribution >= 0.6 is 11.3 Å². The molecule has 2 N–H and O–H groups in total. The van der Waals surface area contributed by atoms with Crippen LogP contribution in [0, 0.1) is 13.8 Å². The van der Waals surface area contributed by atoms with Gasteiger partial charge in [0.1, 0.15) is 0 Å². The molecule has 5 heteroatoms. The van der Waals surface area contributed by atoms with Gasteiger partial charge in [-0.25, -0.2) is 4.98 Å². The maximum absolute atomic E-state index is 11.3. The van der Waals surface area contributed by atoms with Crippen molar-refractivity contribution in [3.05, 3.63) is 15.6 Å². The third-order valence-electron chi connectivity index (χ3n) is 1.75. The van der Waals surface area contributed by atoms with Crippen LogP contribution in [0.4, 0.5) is 0 Å². The molecule has 0 spiro atoms. The summed E-state index contributed by atoms with van der Waals surface area (Å²) >= 11 is 1.54. The number of aryl methyl sites for hydroxylation is 2.